The summed E-state index contributed by atoms with van der Waals surface area (Å²) in [6.45, 7) is 2.00. The van der Waals surface area contributed by atoms with E-state index in [1.165, 1.54) is 46.5 Å². The summed E-state index contributed by atoms with van der Waals surface area (Å²) in [5.74, 6) is 0.186. The molecule has 1 aliphatic rings. The summed E-state index contributed by atoms with van der Waals surface area (Å²) in [5.41, 5.74) is 6.37. The van der Waals surface area contributed by atoms with Gasteiger partial charge in [-0.2, -0.15) is 23.6 Å². The maximum atomic E-state index is 13.6. The fraction of sp³-hybridized carbons (Fsp3) is 0.190. The molecule has 1 saturated heterocycles. The highest BCUT2D eigenvalue weighted by Crippen LogP contribution is 2.38. The van der Waals surface area contributed by atoms with Crippen molar-refractivity contribution >= 4 is 48.2 Å². The summed E-state index contributed by atoms with van der Waals surface area (Å²) in [4.78, 5) is 35.6. The molecule has 1 aliphatic heterocycles. The van der Waals surface area contributed by atoms with Crippen LogP contribution in [0, 0.1) is 5.82 Å². The molecule has 0 unspecified atom stereocenters. The van der Waals surface area contributed by atoms with Crippen LogP contribution in [-0.4, -0.2) is 36.5 Å². The fourth-order valence-electron chi connectivity index (χ4n) is 3.87. The number of ketones is 1. The lowest BCUT2D eigenvalue weighted by Crippen LogP contribution is -2.46. The van der Waals surface area contributed by atoms with Crippen molar-refractivity contribution in [3.63, 3.8) is 0 Å². The van der Waals surface area contributed by atoms with E-state index < -0.39 is 11.4 Å². The van der Waals surface area contributed by atoms with Gasteiger partial charge in [0.15, 0.2) is 11.6 Å². The Labute approximate surface area is 199 Å². The molecule has 1 fully saturated rings. The minimum atomic E-state index is -0.425. The number of fused-ring (bicyclic) bond motifs is 1. The molecule has 0 radical (unpaired) electrons. The zero-order valence-corrected chi connectivity index (χ0v) is 19.1. The predicted octanol–water partition coefficient (Wildman–Crippen LogP) is 2.92. The third-order valence-electron chi connectivity index (χ3n) is 5.50. The summed E-state index contributed by atoms with van der Waals surface area (Å²) in [6.07, 6.45) is 3.64. The Bertz CT molecular complexity index is 1440. The first-order valence-electron chi connectivity index (χ1n) is 9.81. The van der Waals surface area contributed by atoms with Gasteiger partial charge in [0.2, 0.25) is 5.95 Å². The molecule has 5 rings (SSSR count). The maximum Gasteiger partial charge on any atom is 0.284 e. The van der Waals surface area contributed by atoms with Crippen molar-refractivity contribution in [2.45, 2.75) is 19.4 Å². The number of hydrogen-bond donors (Lipinski definition) is 1. The molecule has 1 atom stereocenters. The van der Waals surface area contributed by atoms with Gasteiger partial charge in [-0.05, 0) is 43.7 Å². The van der Waals surface area contributed by atoms with Gasteiger partial charge in [0.25, 0.3) is 5.56 Å². The van der Waals surface area contributed by atoms with E-state index in [-0.39, 0.29) is 41.8 Å². The second kappa shape index (κ2) is 8.49. The van der Waals surface area contributed by atoms with Crippen LogP contribution in [0.4, 0.5) is 16.2 Å². The molecule has 0 spiro atoms. The molecule has 2 N–H and O–H groups in total. The first-order chi connectivity index (χ1) is 15.3. The zero-order valence-electron chi connectivity index (χ0n) is 17.4. The van der Waals surface area contributed by atoms with Crippen LogP contribution in [0.25, 0.3) is 11.2 Å². The van der Waals surface area contributed by atoms with Crippen LogP contribution in [0.15, 0.2) is 47.5 Å². The molecule has 0 amide bonds. The smallest absolute Gasteiger partial charge is 0.284 e. The Morgan fingerprint density at radius 3 is 2.61 bits per heavy atom. The zero-order chi connectivity index (χ0) is 22.6. The summed E-state index contributed by atoms with van der Waals surface area (Å²) in [5, 5.41) is 4.91. The van der Waals surface area contributed by atoms with Gasteiger partial charge in [0.1, 0.15) is 17.2 Å². The summed E-state index contributed by atoms with van der Waals surface area (Å²) >= 11 is 6.23. The minimum Gasteiger partial charge on any atom is -0.368 e. The number of aromatic nitrogens is 5. The summed E-state index contributed by atoms with van der Waals surface area (Å²) in [6, 6.07) is 6.75. The highest BCUT2D eigenvalue weighted by molar-refractivity contribution is 7.59. The van der Waals surface area contributed by atoms with Crippen LogP contribution < -0.4 is 16.2 Å². The molecule has 12 heteroatoms. The molecule has 0 saturated carbocycles. The van der Waals surface area contributed by atoms with E-state index in [2.05, 4.69) is 15.1 Å². The largest absolute Gasteiger partial charge is 0.368 e. The molecule has 9 nitrogen and oxygen atoms in total. The quantitative estimate of drug-likeness (QED) is 0.440. The summed E-state index contributed by atoms with van der Waals surface area (Å²) in [7, 11) is 0. The van der Waals surface area contributed by atoms with Crippen LogP contribution in [0.5, 0.6) is 0 Å². The molecule has 1 aromatic carbocycles. The average Bonchev–Trinajstić information content (AvgIpc) is 3.09. The number of nitrogens with two attached hydrogens (primary N) is 1. The van der Waals surface area contributed by atoms with Crippen LogP contribution >= 0.6 is 25.1 Å². The van der Waals surface area contributed by atoms with Crippen molar-refractivity contribution in [1.29, 1.82) is 0 Å². The number of benzene rings is 1. The number of hydrogen-bond acceptors (Lipinski definition) is 7. The third kappa shape index (κ3) is 3.72. The van der Waals surface area contributed by atoms with E-state index in [0.717, 1.165) is 0 Å². The number of carbonyl (C=O) groups is 1. The Hall–Kier alpha value is -3.44. The number of anilines is 2. The number of nitrogens with zero attached hydrogens (tertiary/aromatic N) is 6. The minimum absolute atomic E-state index is 0. The Kier molecular flexibility index (Phi) is 5.85. The van der Waals surface area contributed by atoms with Gasteiger partial charge >= 0.3 is 0 Å². The molecular weight excluding hydrogens is 469 g/mol. The van der Waals surface area contributed by atoms with E-state index in [1.54, 1.807) is 12.3 Å². The fourth-order valence-corrected chi connectivity index (χ4v) is 4.09. The van der Waals surface area contributed by atoms with Crippen molar-refractivity contribution in [1.82, 2.24) is 24.1 Å². The SMILES string of the molecule is CC(=O)c1cnc(N)nc1N1CC[C@H]1c1nn2ccc(Cl)c2c(=O)n1-c1ccc(F)cc1.S. The lowest BCUT2D eigenvalue weighted by molar-refractivity contribution is 0.101. The van der Waals surface area contributed by atoms with Crippen molar-refractivity contribution < 1.29 is 9.18 Å². The Balaban J connectivity index is 0.00000259. The van der Waals surface area contributed by atoms with Gasteiger partial charge in [-0.15, -0.1) is 0 Å². The normalized spacial score (nSPS) is 15.2. The number of rotatable bonds is 4. The van der Waals surface area contributed by atoms with E-state index in [0.29, 0.717) is 35.9 Å². The lowest BCUT2D eigenvalue weighted by Gasteiger charge is -2.42. The molecule has 0 bridgehead atoms. The summed E-state index contributed by atoms with van der Waals surface area (Å²) < 4.78 is 16.4. The van der Waals surface area contributed by atoms with Crippen LogP contribution in [0.3, 0.4) is 0 Å². The van der Waals surface area contributed by atoms with Crippen molar-refractivity contribution in [3.8, 4) is 5.69 Å². The molecule has 33 heavy (non-hydrogen) atoms. The second-order valence-electron chi connectivity index (χ2n) is 7.45. The van der Waals surface area contributed by atoms with Gasteiger partial charge in [0.05, 0.1) is 22.3 Å². The molecule has 4 aromatic rings. The van der Waals surface area contributed by atoms with Crippen LogP contribution in [0.1, 0.15) is 35.6 Å². The van der Waals surface area contributed by atoms with Gasteiger partial charge in [-0.3, -0.25) is 14.2 Å². The van der Waals surface area contributed by atoms with Crippen molar-refractivity contribution in [3.05, 3.63) is 75.3 Å². The standard InChI is InChI=1S/C21H17ClFN7O2.H2S/c1-11(31)14-10-25-21(24)26-18(14)28-8-7-16(28)19-27-29-9-6-15(22)17(29)20(32)30(19)13-4-2-12(23)3-5-13;/h2-6,9-10,16H,7-8H2,1H3,(H2,24,25,26);1H2/t16-;/m0./s1. The molecule has 170 valence electrons. The Morgan fingerprint density at radius 1 is 1.24 bits per heavy atom. The molecule has 4 heterocycles. The third-order valence-corrected chi connectivity index (χ3v) is 5.81. The van der Waals surface area contributed by atoms with Gasteiger partial charge in [-0.25, -0.2) is 13.9 Å². The highest BCUT2D eigenvalue weighted by atomic mass is 35.5. The van der Waals surface area contributed by atoms with E-state index >= 15 is 0 Å². The Morgan fingerprint density at radius 2 is 1.97 bits per heavy atom. The predicted molar refractivity (Wildman–Crippen MR) is 127 cm³/mol. The topological polar surface area (TPSA) is 111 Å². The number of Topliss-reactive ketones (excluding diaryl/α,β-unsaturated/α-hetero) is 1. The molecule has 3 aromatic heterocycles. The first-order valence-corrected chi connectivity index (χ1v) is 10.2. The van der Waals surface area contributed by atoms with Gasteiger partial charge in [-0.1, -0.05) is 11.6 Å². The van der Waals surface area contributed by atoms with Gasteiger partial charge < -0.3 is 10.6 Å². The monoisotopic (exact) mass is 487 g/mol. The van der Waals surface area contributed by atoms with E-state index in [4.69, 9.17) is 17.3 Å². The maximum absolute atomic E-state index is 13.6. The first kappa shape index (κ1) is 22.7. The number of carbonyl (C=O) groups excluding carboxylic acids is 1. The van der Waals surface area contributed by atoms with Gasteiger partial charge in [0, 0.05) is 18.9 Å². The average molecular weight is 488 g/mol. The molecular formula is C21H19ClFN7O2S. The van der Waals surface area contributed by atoms with E-state index in [9.17, 15) is 14.0 Å². The van der Waals surface area contributed by atoms with Crippen LogP contribution in [-0.2, 0) is 0 Å². The molecule has 0 aliphatic carbocycles. The highest BCUT2D eigenvalue weighted by Gasteiger charge is 2.37. The van der Waals surface area contributed by atoms with E-state index in [1.807, 2.05) is 4.90 Å². The number of halogens is 2. The lowest BCUT2D eigenvalue weighted by atomic mass is 10.00. The second-order valence-corrected chi connectivity index (χ2v) is 7.86. The van der Waals surface area contributed by atoms with Crippen molar-refractivity contribution in [2.24, 2.45) is 0 Å². The van der Waals surface area contributed by atoms with Crippen LogP contribution in [0.2, 0.25) is 5.02 Å². The van der Waals surface area contributed by atoms with Crippen molar-refractivity contribution in [2.75, 3.05) is 17.2 Å². The number of nitrogen functional groups attached to an aromatic ring is 1.